The lowest BCUT2D eigenvalue weighted by Crippen LogP contribution is -1.99. The second kappa shape index (κ2) is 8.36. The number of fused-ring (bicyclic) bond motifs is 1. The fraction of sp³-hybridized carbons (Fsp3) is 0.167. The number of anilines is 2. The second-order valence-electron chi connectivity index (χ2n) is 7.75. The van der Waals surface area contributed by atoms with Crippen LogP contribution in [0.4, 0.5) is 11.5 Å². The van der Waals surface area contributed by atoms with Gasteiger partial charge in [0.25, 0.3) is 0 Å². The maximum atomic E-state index is 9.72. The predicted molar refractivity (Wildman–Crippen MR) is 123 cm³/mol. The molecule has 166 valence electrons. The fourth-order valence-corrected chi connectivity index (χ4v) is 3.47. The SMILES string of the molecule is Cc1cc(Nc2ncncc2-c2nc(C(C)O)co2)ccc1Oc1ccc2c(c1)ncn2C. The van der Waals surface area contributed by atoms with E-state index < -0.39 is 6.10 Å². The Kier molecular flexibility index (Phi) is 5.23. The molecule has 0 fully saturated rings. The standard InChI is InChI=1S/C24H22N6O3/c1-14-8-16(4-7-22(14)33-17-5-6-21-19(9-17)27-13-30(21)3)28-23-18(10-25-12-26-23)24-29-20(11-32-24)15(2)31/h4-13,15,31H,1-3H3,(H,25,26,28). The van der Waals surface area contributed by atoms with E-state index in [0.29, 0.717) is 23.0 Å². The van der Waals surface area contributed by atoms with E-state index in [4.69, 9.17) is 9.15 Å². The lowest BCUT2D eigenvalue weighted by molar-refractivity contribution is 0.194. The van der Waals surface area contributed by atoms with E-state index in [9.17, 15) is 5.11 Å². The minimum atomic E-state index is -0.725. The first-order valence-electron chi connectivity index (χ1n) is 10.4. The maximum absolute atomic E-state index is 9.72. The van der Waals surface area contributed by atoms with Crippen LogP contribution in [0.1, 0.15) is 24.3 Å². The molecule has 0 radical (unpaired) electrons. The molecule has 1 atom stereocenters. The van der Waals surface area contributed by atoms with Gasteiger partial charge in [-0.1, -0.05) is 0 Å². The lowest BCUT2D eigenvalue weighted by Gasteiger charge is -2.12. The van der Waals surface area contributed by atoms with Crippen LogP contribution in [0, 0.1) is 6.92 Å². The lowest BCUT2D eigenvalue weighted by atomic mass is 10.2. The summed E-state index contributed by atoms with van der Waals surface area (Å²) in [6.45, 7) is 3.60. The number of nitrogens with zero attached hydrogens (tertiary/aromatic N) is 5. The van der Waals surface area contributed by atoms with Crippen molar-refractivity contribution >= 4 is 22.5 Å². The van der Waals surface area contributed by atoms with E-state index in [2.05, 4.69) is 25.3 Å². The summed E-state index contributed by atoms with van der Waals surface area (Å²) in [6, 6.07) is 11.6. The molecule has 9 nitrogen and oxygen atoms in total. The van der Waals surface area contributed by atoms with Crippen LogP contribution in [0.5, 0.6) is 11.5 Å². The number of rotatable bonds is 6. The minimum Gasteiger partial charge on any atom is -0.457 e. The van der Waals surface area contributed by atoms with Crippen molar-refractivity contribution in [3.63, 3.8) is 0 Å². The van der Waals surface area contributed by atoms with E-state index in [0.717, 1.165) is 33.8 Å². The molecule has 0 bridgehead atoms. The van der Waals surface area contributed by atoms with Crippen LogP contribution in [-0.2, 0) is 7.05 Å². The number of aliphatic hydroxyl groups excluding tert-OH is 1. The number of nitrogens with one attached hydrogen (secondary N) is 1. The van der Waals surface area contributed by atoms with E-state index in [1.165, 1.54) is 12.6 Å². The normalized spacial score (nSPS) is 12.1. The molecule has 3 heterocycles. The van der Waals surface area contributed by atoms with Crippen molar-refractivity contribution in [2.24, 2.45) is 7.05 Å². The number of aliphatic hydroxyl groups is 1. The summed E-state index contributed by atoms with van der Waals surface area (Å²) < 4.78 is 13.6. The van der Waals surface area contributed by atoms with Crippen molar-refractivity contribution in [1.29, 1.82) is 0 Å². The molecular weight excluding hydrogens is 420 g/mol. The summed E-state index contributed by atoms with van der Waals surface area (Å²) in [4.78, 5) is 17.1. The maximum Gasteiger partial charge on any atom is 0.231 e. The minimum absolute atomic E-state index is 0.329. The molecule has 9 heteroatoms. The number of ether oxygens (including phenoxy) is 1. The first-order valence-corrected chi connectivity index (χ1v) is 10.4. The van der Waals surface area contributed by atoms with Crippen molar-refractivity contribution < 1.29 is 14.3 Å². The van der Waals surface area contributed by atoms with Gasteiger partial charge in [0.1, 0.15) is 35.6 Å². The molecule has 0 saturated carbocycles. The summed E-state index contributed by atoms with van der Waals surface area (Å²) in [6.07, 6.45) is 5.55. The number of aromatic nitrogens is 5. The highest BCUT2D eigenvalue weighted by atomic mass is 16.5. The summed E-state index contributed by atoms with van der Waals surface area (Å²) in [7, 11) is 1.96. The van der Waals surface area contributed by atoms with Crippen LogP contribution in [0.25, 0.3) is 22.5 Å². The van der Waals surface area contributed by atoms with Gasteiger partial charge in [-0.05, 0) is 49.7 Å². The number of oxazole rings is 1. The Bertz CT molecular complexity index is 1440. The topological polar surface area (TPSA) is 111 Å². The van der Waals surface area contributed by atoms with Gasteiger partial charge < -0.3 is 24.1 Å². The Morgan fingerprint density at radius 2 is 2.03 bits per heavy atom. The molecule has 0 saturated heterocycles. The molecule has 0 aliphatic carbocycles. The molecular formula is C24H22N6O3. The highest BCUT2D eigenvalue weighted by Crippen LogP contribution is 2.32. The van der Waals surface area contributed by atoms with Crippen LogP contribution in [-0.4, -0.2) is 29.6 Å². The number of hydrogen-bond donors (Lipinski definition) is 2. The van der Waals surface area contributed by atoms with E-state index in [1.54, 1.807) is 19.4 Å². The summed E-state index contributed by atoms with van der Waals surface area (Å²) in [5.41, 5.74) is 4.73. The Morgan fingerprint density at radius 1 is 1.15 bits per heavy atom. The van der Waals surface area contributed by atoms with Crippen molar-refractivity contribution in [2.45, 2.75) is 20.0 Å². The Morgan fingerprint density at radius 3 is 2.82 bits per heavy atom. The first-order chi connectivity index (χ1) is 16.0. The Labute approximate surface area is 189 Å². The van der Waals surface area contributed by atoms with Gasteiger partial charge in [0, 0.05) is 25.0 Å². The monoisotopic (exact) mass is 442 g/mol. The van der Waals surface area contributed by atoms with Crippen molar-refractivity contribution in [3.05, 3.63) is 72.8 Å². The van der Waals surface area contributed by atoms with Crippen molar-refractivity contribution in [3.8, 4) is 23.0 Å². The Hall–Kier alpha value is -4.24. The highest BCUT2D eigenvalue weighted by molar-refractivity contribution is 5.77. The number of benzene rings is 2. The van der Waals surface area contributed by atoms with Gasteiger partial charge in [-0.2, -0.15) is 0 Å². The molecule has 2 N–H and O–H groups in total. The predicted octanol–water partition coefficient (Wildman–Crippen LogP) is 4.92. The molecule has 33 heavy (non-hydrogen) atoms. The van der Waals surface area contributed by atoms with E-state index >= 15 is 0 Å². The molecule has 1 unspecified atom stereocenters. The molecule has 5 rings (SSSR count). The molecule has 0 aliphatic rings. The molecule has 0 spiro atoms. The van der Waals surface area contributed by atoms with Gasteiger partial charge in [0.05, 0.1) is 29.0 Å². The van der Waals surface area contributed by atoms with Crippen LogP contribution >= 0.6 is 0 Å². The van der Waals surface area contributed by atoms with Gasteiger partial charge in [-0.25, -0.2) is 19.9 Å². The Balaban J connectivity index is 1.37. The number of hydrogen-bond acceptors (Lipinski definition) is 8. The molecule has 2 aromatic carbocycles. The molecule has 3 aromatic heterocycles. The average molecular weight is 442 g/mol. The van der Waals surface area contributed by atoms with Gasteiger partial charge >= 0.3 is 0 Å². The smallest absolute Gasteiger partial charge is 0.231 e. The number of aryl methyl sites for hydroxylation is 2. The summed E-state index contributed by atoms with van der Waals surface area (Å²) in [5.74, 6) is 2.34. The van der Waals surface area contributed by atoms with E-state index in [-0.39, 0.29) is 0 Å². The zero-order valence-corrected chi connectivity index (χ0v) is 18.4. The second-order valence-corrected chi connectivity index (χ2v) is 7.75. The van der Waals surface area contributed by atoms with Crippen LogP contribution in [0.3, 0.4) is 0 Å². The first kappa shape index (κ1) is 20.7. The molecule has 0 aliphatic heterocycles. The van der Waals surface area contributed by atoms with Crippen LogP contribution in [0.15, 0.2) is 65.9 Å². The third kappa shape index (κ3) is 4.13. The van der Waals surface area contributed by atoms with Crippen LogP contribution in [0.2, 0.25) is 0 Å². The zero-order valence-electron chi connectivity index (χ0n) is 18.4. The third-order valence-electron chi connectivity index (χ3n) is 5.26. The van der Waals surface area contributed by atoms with Crippen molar-refractivity contribution in [1.82, 2.24) is 24.5 Å². The number of imidazole rings is 1. The quantitative estimate of drug-likeness (QED) is 0.381. The average Bonchev–Trinajstić information content (AvgIpc) is 3.44. The van der Waals surface area contributed by atoms with Crippen LogP contribution < -0.4 is 10.1 Å². The molecule has 0 amide bonds. The van der Waals surface area contributed by atoms with E-state index in [1.807, 2.05) is 54.9 Å². The fourth-order valence-electron chi connectivity index (χ4n) is 3.47. The summed E-state index contributed by atoms with van der Waals surface area (Å²) >= 11 is 0. The highest BCUT2D eigenvalue weighted by Gasteiger charge is 2.16. The molecule has 5 aromatic rings. The van der Waals surface area contributed by atoms with Gasteiger partial charge in [0.2, 0.25) is 5.89 Å². The van der Waals surface area contributed by atoms with Gasteiger partial charge in [-0.15, -0.1) is 0 Å². The third-order valence-corrected chi connectivity index (χ3v) is 5.26. The van der Waals surface area contributed by atoms with Gasteiger partial charge in [-0.3, -0.25) is 0 Å². The zero-order chi connectivity index (χ0) is 22.9. The van der Waals surface area contributed by atoms with Crippen molar-refractivity contribution in [2.75, 3.05) is 5.32 Å². The van der Waals surface area contributed by atoms with Gasteiger partial charge in [0.15, 0.2) is 0 Å². The summed E-state index contributed by atoms with van der Waals surface area (Å²) in [5, 5.41) is 13.0. The largest absolute Gasteiger partial charge is 0.457 e.